The highest BCUT2D eigenvalue weighted by Crippen LogP contribution is 2.33. The van der Waals surface area contributed by atoms with Crippen LogP contribution >= 0.6 is 11.3 Å². The predicted octanol–water partition coefficient (Wildman–Crippen LogP) is 4.19. The average molecular weight is 347 g/mol. The van der Waals surface area contributed by atoms with Crippen LogP contribution in [0.3, 0.4) is 0 Å². The number of halogens is 3. The number of para-hydroxylation sites is 2. The van der Waals surface area contributed by atoms with E-state index in [1.165, 1.54) is 16.7 Å². The van der Waals surface area contributed by atoms with E-state index in [0.717, 1.165) is 11.3 Å². The van der Waals surface area contributed by atoms with Gasteiger partial charge in [-0.2, -0.15) is 13.2 Å². The van der Waals surface area contributed by atoms with Crippen molar-refractivity contribution in [3.63, 3.8) is 0 Å². The van der Waals surface area contributed by atoms with Gasteiger partial charge in [-0.05, 0) is 23.6 Å². The molecular weight excluding hydrogens is 339 g/mol. The third-order valence-corrected chi connectivity index (χ3v) is 4.43. The van der Waals surface area contributed by atoms with Gasteiger partial charge in [0, 0.05) is 6.20 Å². The number of hydrogen-bond donors (Lipinski definition) is 0. The van der Waals surface area contributed by atoms with Gasteiger partial charge in [0.25, 0.3) is 0 Å². The molecule has 24 heavy (non-hydrogen) atoms. The zero-order chi connectivity index (χ0) is 16.9. The lowest BCUT2D eigenvalue weighted by atomic mass is 10.1. The molecule has 0 amide bonds. The molecule has 0 aliphatic heterocycles. The summed E-state index contributed by atoms with van der Waals surface area (Å²) in [5.41, 5.74) is -0.600. The van der Waals surface area contributed by atoms with Gasteiger partial charge in [0.15, 0.2) is 5.69 Å². The Hall–Kier alpha value is -2.74. The summed E-state index contributed by atoms with van der Waals surface area (Å²) >= 11 is 1.09. The summed E-state index contributed by atoms with van der Waals surface area (Å²) in [7, 11) is 0. The van der Waals surface area contributed by atoms with Crippen molar-refractivity contribution in [2.24, 2.45) is 0 Å². The number of fused-ring (bicyclic) bond motifs is 3. The summed E-state index contributed by atoms with van der Waals surface area (Å²) < 4.78 is 41.6. The van der Waals surface area contributed by atoms with Crippen LogP contribution in [0.5, 0.6) is 0 Å². The second kappa shape index (κ2) is 5.13. The summed E-state index contributed by atoms with van der Waals surface area (Å²) in [4.78, 5) is 20.5. The first-order chi connectivity index (χ1) is 11.4. The van der Waals surface area contributed by atoms with Crippen molar-refractivity contribution in [2.75, 3.05) is 0 Å². The van der Waals surface area contributed by atoms with Crippen molar-refractivity contribution in [3.8, 4) is 0 Å². The minimum absolute atomic E-state index is 0.0914. The predicted molar refractivity (Wildman–Crippen MR) is 83.2 cm³/mol. The summed E-state index contributed by atoms with van der Waals surface area (Å²) in [5.74, 6) is -0.796. The van der Waals surface area contributed by atoms with E-state index in [-0.39, 0.29) is 10.7 Å². The lowest BCUT2D eigenvalue weighted by molar-refractivity contribution is -0.141. The molecule has 0 unspecified atom stereocenters. The molecule has 0 spiro atoms. The van der Waals surface area contributed by atoms with Crippen molar-refractivity contribution in [1.29, 1.82) is 0 Å². The van der Waals surface area contributed by atoms with Crippen LogP contribution in [-0.4, -0.2) is 20.2 Å². The van der Waals surface area contributed by atoms with Gasteiger partial charge in [0.2, 0.25) is 11.6 Å². The molecule has 0 saturated carbocycles. The van der Waals surface area contributed by atoms with Crippen LogP contribution in [0.1, 0.15) is 20.9 Å². The number of rotatable bonds is 2. The number of nitrogens with zero attached hydrogens (tertiary/aromatic N) is 3. The third-order valence-electron chi connectivity index (χ3n) is 3.56. The molecule has 0 fully saturated rings. The summed E-state index contributed by atoms with van der Waals surface area (Å²) in [6.07, 6.45) is -3.58. The summed E-state index contributed by atoms with van der Waals surface area (Å²) in [6, 6.07) is 9.97. The highest BCUT2D eigenvalue weighted by molar-refractivity contribution is 7.12. The lowest BCUT2D eigenvalue weighted by Crippen LogP contribution is -2.17. The first-order valence-corrected chi connectivity index (χ1v) is 7.76. The lowest BCUT2D eigenvalue weighted by Gasteiger charge is -2.11. The fourth-order valence-corrected chi connectivity index (χ4v) is 3.19. The van der Waals surface area contributed by atoms with Crippen LogP contribution in [0.15, 0.2) is 48.0 Å². The zero-order valence-electron chi connectivity index (χ0n) is 11.9. The Morgan fingerprint density at radius 1 is 1.08 bits per heavy atom. The SMILES string of the molecule is O=C(c1cccs1)c1cn2c(nc1C(F)(F)F)nc1ccccc12. The Labute approximate surface area is 137 Å². The molecule has 120 valence electrons. The van der Waals surface area contributed by atoms with E-state index in [1.54, 1.807) is 35.7 Å². The second-order valence-electron chi connectivity index (χ2n) is 5.08. The number of alkyl halides is 3. The van der Waals surface area contributed by atoms with E-state index in [2.05, 4.69) is 9.97 Å². The molecule has 1 aromatic carbocycles. The molecule has 0 atom stereocenters. The normalized spacial score (nSPS) is 12.1. The minimum Gasteiger partial charge on any atom is -0.288 e. The Kier molecular flexibility index (Phi) is 3.17. The van der Waals surface area contributed by atoms with Gasteiger partial charge >= 0.3 is 6.18 Å². The van der Waals surface area contributed by atoms with Crippen molar-refractivity contribution >= 4 is 33.9 Å². The summed E-state index contributed by atoms with van der Waals surface area (Å²) in [6.45, 7) is 0. The number of thiophene rings is 1. The van der Waals surface area contributed by atoms with Gasteiger partial charge < -0.3 is 0 Å². The second-order valence-corrected chi connectivity index (χ2v) is 6.03. The van der Waals surface area contributed by atoms with E-state index in [0.29, 0.717) is 11.0 Å². The maximum absolute atomic E-state index is 13.4. The van der Waals surface area contributed by atoms with E-state index < -0.39 is 23.2 Å². The van der Waals surface area contributed by atoms with Crippen LogP contribution < -0.4 is 0 Å². The van der Waals surface area contributed by atoms with Crippen LogP contribution in [-0.2, 0) is 6.18 Å². The fraction of sp³-hybridized carbons (Fsp3) is 0.0625. The van der Waals surface area contributed by atoms with Crippen LogP contribution in [0.25, 0.3) is 16.8 Å². The highest BCUT2D eigenvalue weighted by Gasteiger charge is 2.38. The Bertz CT molecular complexity index is 1070. The molecule has 0 bridgehead atoms. The minimum atomic E-state index is -4.75. The first-order valence-electron chi connectivity index (χ1n) is 6.88. The number of benzene rings is 1. The van der Waals surface area contributed by atoms with Crippen molar-refractivity contribution in [3.05, 3.63) is 64.1 Å². The monoisotopic (exact) mass is 347 g/mol. The number of ketones is 1. The quantitative estimate of drug-likeness (QED) is 0.511. The molecule has 4 nitrogen and oxygen atoms in total. The van der Waals surface area contributed by atoms with Gasteiger partial charge in [-0.15, -0.1) is 11.3 Å². The number of carbonyl (C=O) groups is 1. The smallest absolute Gasteiger partial charge is 0.288 e. The number of carbonyl (C=O) groups excluding carboxylic acids is 1. The van der Waals surface area contributed by atoms with E-state index in [9.17, 15) is 18.0 Å². The summed E-state index contributed by atoms with van der Waals surface area (Å²) in [5, 5.41) is 1.64. The Morgan fingerprint density at radius 2 is 1.88 bits per heavy atom. The molecular formula is C16H8F3N3OS. The Balaban J connectivity index is 2.05. The van der Waals surface area contributed by atoms with Crippen LogP contribution in [0.4, 0.5) is 13.2 Å². The maximum atomic E-state index is 13.4. The van der Waals surface area contributed by atoms with E-state index >= 15 is 0 Å². The van der Waals surface area contributed by atoms with Crippen LogP contribution in [0, 0.1) is 0 Å². The largest absolute Gasteiger partial charge is 0.434 e. The molecule has 4 rings (SSSR count). The molecule has 0 N–H and O–H groups in total. The molecule has 0 aliphatic rings. The van der Waals surface area contributed by atoms with Gasteiger partial charge in [-0.25, -0.2) is 9.97 Å². The molecule has 3 heterocycles. The molecule has 0 radical (unpaired) electrons. The van der Waals surface area contributed by atoms with E-state index in [4.69, 9.17) is 0 Å². The Morgan fingerprint density at radius 3 is 2.58 bits per heavy atom. The molecule has 0 saturated heterocycles. The highest BCUT2D eigenvalue weighted by atomic mass is 32.1. The fourth-order valence-electron chi connectivity index (χ4n) is 2.51. The maximum Gasteiger partial charge on any atom is 0.434 e. The number of imidazole rings is 1. The van der Waals surface area contributed by atoms with Crippen molar-refractivity contribution < 1.29 is 18.0 Å². The third kappa shape index (κ3) is 2.26. The average Bonchev–Trinajstić information content (AvgIpc) is 3.19. The van der Waals surface area contributed by atoms with Gasteiger partial charge in [0.05, 0.1) is 21.5 Å². The zero-order valence-corrected chi connectivity index (χ0v) is 12.7. The molecule has 3 aromatic heterocycles. The van der Waals surface area contributed by atoms with Crippen LogP contribution in [0.2, 0.25) is 0 Å². The number of hydrogen-bond acceptors (Lipinski definition) is 4. The molecule has 0 aliphatic carbocycles. The van der Waals surface area contributed by atoms with E-state index in [1.807, 2.05) is 0 Å². The van der Waals surface area contributed by atoms with Crippen molar-refractivity contribution in [2.45, 2.75) is 6.18 Å². The standard InChI is InChI=1S/C16H8F3N3OS/c17-16(18,19)14-9(13(23)12-6-3-7-24-12)8-22-11-5-2-1-4-10(11)20-15(22)21-14/h1-8H. The molecule has 4 aromatic rings. The number of aromatic nitrogens is 3. The van der Waals surface area contributed by atoms with Gasteiger partial charge in [-0.3, -0.25) is 9.20 Å². The topological polar surface area (TPSA) is 47.3 Å². The first kappa shape index (κ1) is 14.8. The van der Waals surface area contributed by atoms with Crippen molar-refractivity contribution in [1.82, 2.24) is 14.4 Å². The molecule has 8 heteroatoms. The van der Waals surface area contributed by atoms with Gasteiger partial charge in [-0.1, -0.05) is 18.2 Å². The van der Waals surface area contributed by atoms with Gasteiger partial charge in [0.1, 0.15) is 0 Å².